The van der Waals surface area contributed by atoms with E-state index in [-0.39, 0.29) is 5.91 Å². The molecule has 2 heterocycles. The van der Waals surface area contributed by atoms with Crippen molar-refractivity contribution in [2.75, 3.05) is 26.4 Å². The molecule has 7 nitrogen and oxygen atoms in total. The third-order valence-electron chi connectivity index (χ3n) is 4.27. The number of rotatable bonds is 6. The highest BCUT2D eigenvalue weighted by Crippen LogP contribution is 2.30. The first kappa shape index (κ1) is 17.4. The molecule has 0 radical (unpaired) electrons. The van der Waals surface area contributed by atoms with Crippen LogP contribution >= 0.6 is 0 Å². The SMILES string of the molecule is CCNC(=O)c1ccc(OCC2CCOCC2)c(-c2cn(C)nn2)c1. The highest BCUT2D eigenvalue weighted by atomic mass is 16.5. The topological polar surface area (TPSA) is 78.3 Å². The van der Waals surface area contributed by atoms with Crippen molar-refractivity contribution in [3.63, 3.8) is 0 Å². The van der Waals surface area contributed by atoms with E-state index in [1.54, 1.807) is 10.7 Å². The van der Waals surface area contributed by atoms with Crippen LogP contribution in [0, 0.1) is 5.92 Å². The van der Waals surface area contributed by atoms with Gasteiger partial charge in [0, 0.05) is 37.9 Å². The summed E-state index contributed by atoms with van der Waals surface area (Å²) in [4.78, 5) is 12.1. The number of aromatic nitrogens is 3. The fourth-order valence-corrected chi connectivity index (χ4v) is 2.85. The van der Waals surface area contributed by atoms with E-state index < -0.39 is 0 Å². The lowest BCUT2D eigenvalue weighted by Crippen LogP contribution is -2.23. The van der Waals surface area contributed by atoms with Gasteiger partial charge in [-0.3, -0.25) is 9.48 Å². The standard InChI is InChI=1S/C18H24N4O3/c1-3-19-18(23)14-4-5-17(25-12-13-6-8-24-9-7-13)15(10-14)16-11-22(2)21-20-16/h4-5,10-11,13H,3,6-9,12H2,1-2H3,(H,19,23). The maximum atomic E-state index is 12.1. The number of aryl methyl sites for hydroxylation is 1. The van der Waals surface area contributed by atoms with Crippen LogP contribution in [-0.4, -0.2) is 47.3 Å². The van der Waals surface area contributed by atoms with Crippen molar-refractivity contribution in [3.05, 3.63) is 30.0 Å². The normalized spacial score (nSPS) is 15.1. The van der Waals surface area contributed by atoms with Gasteiger partial charge in [-0.15, -0.1) is 5.10 Å². The molecule has 7 heteroatoms. The zero-order valence-corrected chi connectivity index (χ0v) is 14.7. The summed E-state index contributed by atoms with van der Waals surface area (Å²) in [6.45, 7) is 4.70. The van der Waals surface area contributed by atoms with E-state index in [2.05, 4.69) is 15.6 Å². The third-order valence-corrected chi connectivity index (χ3v) is 4.27. The van der Waals surface area contributed by atoms with Gasteiger partial charge in [0.05, 0.1) is 12.8 Å². The molecule has 1 amide bonds. The molecule has 0 spiro atoms. The molecule has 0 unspecified atom stereocenters. The second-order valence-electron chi connectivity index (χ2n) is 6.21. The van der Waals surface area contributed by atoms with Crippen molar-refractivity contribution in [2.45, 2.75) is 19.8 Å². The van der Waals surface area contributed by atoms with Gasteiger partial charge < -0.3 is 14.8 Å². The van der Waals surface area contributed by atoms with Crippen molar-refractivity contribution in [1.29, 1.82) is 0 Å². The molecule has 1 fully saturated rings. The Morgan fingerprint density at radius 1 is 1.40 bits per heavy atom. The molecular formula is C18H24N4O3. The van der Waals surface area contributed by atoms with Gasteiger partial charge in [-0.25, -0.2) is 0 Å². The number of ether oxygens (including phenoxy) is 2. The minimum atomic E-state index is -0.108. The molecule has 1 N–H and O–H groups in total. The van der Waals surface area contributed by atoms with E-state index in [1.807, 2.05) is 32.3 Å². The first-order valence-electron chi connectivity index (χ1n) is 8.67. The van der Waals surface area contributed by atoms with E-state index in [4.69, 9.17) is 9.47 Å². The fraction of sp³-hybridized carbons (Fsp3) is 0.500. The van der Waals surface area contributed by atoms with Crippen LogP contribution in [0.2, 0.25) is 0 Å². The molecule has 0 aliphatic carbocycles. The van der Waals surface area contributed by atoms with E-state index >= 15 is 0 Å². The first-order valence-corrected chi connectivity index (χ1v) is 8.67. The lowest BCUT2D eigenvalue weighted by molar-refractivity contribution is 0.0498. The minimum absolute atomic E-state index is 0.108. The fourth-order valence-electron chi connectivity index (χ4n) is 2.85. The Labute approximate surface area is 147 Å². The Kier molecular flexibility index (Phi) is 5.65. The first-order chi connectivity index (χ1) is 12.2. The molecule has 1 aliphatic rings. The zero-order chi connectivity index (χ0) is 17.6. The average Bonchev–Trinajstić information content (AvgIpc) is 3.07. The quantitative estimate of drug-likeness (QED) is 0.867. The number of hydrogen-bond acceptors (Lipinski definition) is 5. The smallest absolute Gasteiger partial charge is 0.251 e. The Balaban J connectivity index is 1.83. The lowest BCUT2D eigenvalue weighted by Gasteiger charge is -2.22. The van der Waals surface area contributed by atoms with Crippen LogP contribution in [-0.2, 0) is 11.8 Å². The largest absolute Gasteiger partial charge is 0.493 e. The molecular weight excluding hydrogens is 320 g/mol. The summed E-state index contributed by atoms with van der Waals surface area (Å²) < 4.78 is 13.1. The number of carbonyl (C=O) groups is 1. The number of benzene rings is 1. The molecule has 1 saturated heterocycles. The Bertz CT molecular complexity index is 723. The predicted molar refractivity (Wildman–Crippen MR) is 93.5 cm³/mol. The van der Waals surface area contributed by atoms with Gasteiger partial charge in [0.2, 0.25) is 0 Å². The van der Waals surface area contributed by atoms with Gasteiger partial charge in [0.15, 0.2) is 0 Å². The van der Waals surface area contributed by atoms with Crippen LogP contribution in [0.25, 0.3) is 11.3 Å². The van der Waals surface area contributed by atoms with E-state index in [9.17, 15) is 4.79 Å². The number of hydrogen-bond donors (Lipinski definition) is 1. The molecule has 0 atom stereocenters. The number of carbonyl (C=O) groups excluding carboxylic acids is 1. The van der Waals surface area contributed by atoms with Crippen LogP contribution in [0.5, 0.6) is 5.75 Å². The third kappa shape index (κ3) is 4.36. The van der Waals surface area contributed by atoms with Crippen LogP contribution in [0.15, 0.2) is 24.4 Å². The van der Waals surface area contributed by atoms with Gasteiger partial charge in [0.25, 0.3) is 5.91 Å². The maximum absolute atomic E-state index is 12.1. The molecule has 1 aliphatic heterocycles. The minimum Gasteiger partial charge on any atom is -0.493 e. The molecule has 1 aromatic heterocycles. The van der Waals surface area contributed by atoms with Crippen molar-refractivity contribution in [1.82, 2.24) is 20.3 Å². The van der Waals surface area contributed by atoms with Crippen LogP contribution in [0.3, 0.4) is 0 Å². The van der Waals surface area contributed by atoms with Gasteiger partial charge in [0.1, 0.15) is 11.4 Å². The summed E-state index contributed by atoms with van der Waals surface area (Å²) in [5.74, 6) is 1.11. The number of amides is 1. The number of nitrogens with zero attached hydrogens (tertiary/aromatic N) is 3. The highest BCUT2D eigenvalue weighted by molar-refractivity contribution is 5.95. The summed E-state index contributed by atoms with van der Waals surface area (Å²) in [6, 6.07) is 5.44. The van der Waals surface area contributed by atoms with Crippen molar-refractivity contribution < 1.29 is 14.3 Å². The molecule has 1 aromatic carbocycles. The van der Waals surface area contributed by atoms with Gasteiger partial charge in [-0.2, -0.15) is 0 Å². The molecule has 0 saturated carbocycles. The summed E-state index contributed by atoms with van der Waals surface area (Å²) >= 11 is 0. The Hall–Kier alpha value is -2.41. The average molecular weight is 344 g/mol. The Morgan fingerprint density at radius 2 is 2.20 bits per heavy atom. The lowest BCUT2D eigenvalue weighted by atomic mass is 10.0. The van der Waals surface area contributed by atoms with E-state index in [0.717, 1.165) is 37.4 Å². The maximum Gasteiger partial charge on any atom is 0.251 e. The molecule has 0 bridgehead atoms. The molecule has 25 heavy (non-hydrogen) atoms. The summed E-state index contributed by atoms with van der Waals surface area (Å²) in [5.41, 5.74) is 2.06. The second-order valence-corrected chi connectivity index (χ2v) is 6.21. The van der Waals surface area contributed by atoms with Gasteiger partial charge >= 0.3 is 0 Å². The molecule has 134 valence electrons. The monoisotopic (exact) mass is 344 g/mol. The van der Waals surface area contributed by atoms with Crippen LogP contribution in [0.4, 0.5) is 0 Å². The van der Waals surface area contributed by atoms with Crippen molar-refractivity contribution in [2.24, 2.45) is 13.0 Å². The van der Waals surface area contributed by atoms with Gasteiger partial charge in [-0.05, 0) is 43.9 Å². The van der Waals surface area contributed by atoms with Crippen molar-refractivity contribution >= 4 is 5.91 Å². The second kappa shape index (κ2) is 8.11. The summed E-state index contributed by atoms with van der Waals surface area (Å²) in [7, 11) is 1.81. The zero-order valence-electron chi connectivity index (χ0n) is 14.7. The Morgan fingerprint density at radius 3 is 2.88 bits per heavy atom. The summed E-state index contributed by atoms with van der Waals surface area (Å²) in [6.07, 6.45) is 3.84. The molecule has 3 rings (SSSR count). The van der Waals surface area contributed by atoms with E-state index in [1.165, 1.54) is 0 Å². The van der Waals surface area contributed by atoms with Crippen LogP contribution < -0.4 is 10.1 Å². The molecule has 2 aromatic rings. The predicted octanol–water partition coefficient (Wildman–Crippen LogP) is 2.04. The van der Waals surface area contributed by atoms with Gasteiger partial charge in [-0.1, -0.05) is 5.21 Å². The van der Waals surface area contributed by atoms with Crippen molar-refractivity contribution in [3.8, 4) is 17.0 Å². The van der Waals surface area contributed by atoms with Crippen LogP contribution in [0.1, 0.15) is 30.1 Å². The highest BCUT2D eigenvalue weighted by Gasteiger charge is 2.18. The number of nitrogens with one attached hydrogen (secondary N) is 1. The van der Waals surface area contributed by atoms with E-state index in [0.29, 0.717) is 30.3 Å². The summed E-state index contributed by atoms with van der Waals surface area (Å²) in [5, 5.41) is 11.0.